The predicted molar refractivity (Wildman–Crippen MR) is 66.0 cm³/mol. The topological polar surface area (TPSA) is 52.0 Å². The van der Waals surface area contributed by atoms with Crippen molar-refractivity contribution in [2.75, 3.05) is 11.5 Å². The van der Waals surface area contributed by atoms with Gasteiger partial charge in [-0.3, -0.25) is 0 Å². The van der Waals surface area contributed by atoms with Gasteiger partial charge >= 0.3 is 0 Å². The first-order valence-corrected chi connectivity index (χ1v) is 6.37. The van der Waals surface area contributed by atoms with E-state index in [0.717, 1.165) is 21.5 Å². The van der Waals surface area contributed by atoms with Gasteiger partial charge in [0.2, 0.25) is 0 Å². The fourth-order valence-corrected chi connectivity index (χ4v) is 3.80. The van der Waals surface area contributed by atoms with Crippen molar-refractivity contribution in [3.8, 4) is 0 Å². The summed E-state index contributed by atoms with van der Waals surface area (Å²) in [6.07, 6.45) is 0. The van der Waals surface area contributed by atoms with Gasteiger partial charge in [-0.15, -0.1) is 0 Å². The molecule has 2 nitrogen and oxygen atoms in total. The van der Waals surface area contributed by atoms with Crippen LogP contribution in [0.15, 0.2) is 24.3 Å². The molecule has 1 aromatic heterocycles. The maximum atomic E-state index is 5.87. The average molecular weight is 220 g/mol. The summed E-state index contributed by atoms with van der Waals surface area (Å²) < 4.78 is 1.22. The fourth-order valence-electron chi connectivity index (χ4n) is 1.65. The first-order valence-electron chi connectivity index (χ1n) is 4.22. The summed E-state index contributed by atoms with van der Waals surface area (Å²) in [4.78, 5) is 0. The summed E-state index contributed by atoms with van der Waals surface area (Å²) in [6.45, 7) is 0. The SMILES string of the molecule is Nc1ccc2cc3c(N)ssc3cc12. The van der Waals surface area contributed by atoms with Crippen molar-refractivity contribution in [2.45, 2.75) is 0 Å². The summed E-state index contributed by atoms with van der Waals surface area (Å²) in [5.41, 5.74) is 12.6. The number of benzene rings is 1. The summed E-state index contributed by atoms with van der Waals surface area (Å²) in [5, 5.41) is 4.35. The summed E-state index contributed by atoms with van der Waals surface area (Å²) in [5.74, 6) is 0. The molecule has 1 heterocycles. The van der Waals surface area contributed by atoms with E-state index in [-0.39, 0.29) is 0 Å². The molecule has 4 N–H and O–H groups in total. The lowest BCUT2D eigenvalue weighted by atomic mass is 10.2. The first kappa shape index (κ1) is 8.08. The predicted octanol–water partition coefficient (Wildman–Crippen LogP) is 3.28. The molecule has 2 aromatic carbocycles. The average Bonchev–Trinajstić information content (AvgIpc) is 2.71. The van der Waals surface area contributed by atoms with Gasteiger partial charge in [0.25, 0.3) is 0 Å². The zero-order valence-corrected chi connectivity index (χ0v) is 8.91. The molecule has 0 atom stereocenters. The summed E-state index contributed by atoms with van der Waals surface area (Å²) >= 11 is 0. The minimum Gasteiger partial charge on any atom is -0.398 e. The third-order valence-corrected chi connectivity index (χ3v) is 4.72. The number of nitrogens with two attached hydrogens (primary N) is 2. The Labute approximate surface area is 88.1 Å². The van der Waals surface area contributed by atoms with Crippen LogP contribution in [0.2, 0.25) is 0 Å². The molecule has 0 aliphatic rings. The first-order chi connectivity index (χ1) is 6.75. The van der Waals surface area contributed by atoms with Crippen LogP contribution in [-0.4, -0.2) is 0 Å². The maximum absolute atomic E-state index is 5.87. The molecule has 0 bridgehead atoms. The van der Waals surface area contributed by atoms with Crippen LogP contribution in [0.5, 0.6) is 0 Å². The number of nitrogen functional groups attached to an aromatic ring is 2. The molecule has 0 saturated heterocycles. The van der Waals surface area contributed by atoms with Crippen molar-refractivity contribution in [1.82, 2.24) is 0 Å². The van der Waals surface area contributed by atoms with Crippen LogP contribution in [0.1, 0.15) is 0 Å². The molecule has 0 spiro atoms. The van der Waals surface area contributed by atoms with Gasteiger partial charge in [-0.05, 0) is 23.6 Å². The lowest BCUT2D eigenvalue weighted by molar-refractivity contribution is 1.92. The lowest BCUT2D eigenvalue weighted by Gasteiger charge is -1.94. The monoisotopic (exact) mass is 220 g/mol. The standard InChI is InChI=1S/C10H8N2S2/c11-8-2-1-5-3-7-9(4-6(5)8)13-14-10(7)12/h1-4H,11-12H2. The Kier molecular flexibility index (Phi) is 1.51. The Morgan fingerprint density at radius 2 is 1.79 bits per heavy atom. The van der Waals surface area contributed by atoms with Gasteiger partial charge in [-0.25, -0.2) is 0 Å². The second-order valence-electron chi connectivity index (χ2n) is 3.26. The van der Waals surface area contributed by atoms with Crippen LogP contribution in [0.3, 0.4) is 0 Å². The van der Waals surface area contributed by atoms with Gasteiger partial charge in [0.15, 0.2) is 0 Å². The molecule has 14 heavy (non-hydrogen) atoms. The van der Waals surface area contributed by atoms with Crippen LogP contribution in [0.25, 0.3) is 20.9 Å². The molecule has 70 valence electrons. The van der Waals surface area contributed by atoms with Crippen molar-refractivity contribution in [3.05, 3.63) is 24.3 Å². The third-order valence-electron chi connectivity index (χ3n) is 2.39. The largest absolute Gasteiger partial charge is 0.398 e. The van der Waals surface area contributed by atoms with Crippen molar-refractivity contribution in [2.24, 2.45) is 0 Å². The molecular weight excluding hydrogens is 212 g/mol. The number of fused-ring (bicyclic) bond motifs is 2. The molecule has 3 aromatic rings. The Morgan fingerprint density at radius 3 is 2.64 bits per heavy atom. The van der Waals surface area contributed by atoms with E-state index >= 15 is 0 Å². The zero-order chi connectivity index (χ0) is 9.71. The van der Waals surface area contributed by atoms with E-state index in [2.05, 4.69) is 12.1 Å². The minimum atomic E-state index is 0.846. The third kappa shape index (κ3) is 0.951. The zero-order valence-electron chi connectivity index (χ0n) is 7.28. The number of rotatable bonds is 0. The highest BCUT2D eigenvalue weighted by molar-refractivity contribution is 7.74. The van der Waals surface area contributed by atoms with Crippen LogP contribution < -0.4 is 11.5 Å². The van der Waals surface area contributed by atoms with Gasteiger partial charge < -0.3 is 11.5 Å². The molecule has 0 unspecified atom stereocenters. The second kappa shape index (κ2) is 2.62. The van der Waals surface area contributed by atoms with E-state index in [0.29, 0.717) is 0 Å². The van der Waals surface area contributed by atoms with Crippen LogP contribution in [0, 0.1) is 0 Å². The molecule has 4 heteroatoms. The summed E-state index contributed by atoms with van der Waals surface area (Å²) in [6, 6.07) is 8.21. The molecule has 0 saturated carbocycles. The Balaban J connectivity index is 2.56. The van der Waals surface area contributed by atoms with Gasteiger partial charge in [0.05, 0.1) is 0 Å². The van der Waals surface area contributed by atoms with Gasteiger partial charge in [-0.1, -0.05) is 26.7 Å². The Bertz CT molecular complexity index is 565. The van der Waals surface area contributed by atoms with Crippen molar-refractivity contribution in [1.29, 1.82) is 0 Å². The van der Waals surface area contributed by atoms with Gasteiger partial charge in [0, 0.05) is 21.2 Å². The second-order valence-corrected chi connectivity index (χ2v) is 5.47. The summed E-state index contributed by atoms with van der Waals surface area (Å²) in [7, 11) is 3.32. The maximum Gasteiger partial charge on any atom is 0.105 e. The van der Waals surface area contributed by atoms with E-state index < -0.39 is 0 Å². The minimum absolute atomic E-state index is 0.846. The molecule has 0 amide bonds. The fraction of sp³-hybridized carbons (Fsp3) is 0. The van der Waals surface area contributed by atoms with Crippen molar-refractivity contribution in [3.63, 3.8) is 0 Å². The lowest BCUT2D eigenvalue weighted by Crippen LogP contribution is -1.81. The molecular formula is C10H8N2S2. The highest BCUT2D eigenvalue weighted by atomic mass is 32.9. The van der Waals surface area contributed by atoms with Crippen LogP contribution >= 0.6 is 20.7 Å². The molecule has 0 fully saturated rings. The normalized spacial score (nSPS) is 11.4. The van der Waals surface area contributed by atoms with Crippen molar-refractivity contribution >= 4 is 52.2 Å². The van der Waals surface area contributed by atoms with Gasteiger partial charge in [-0.2, -0.15) is 0 Å². The smallest absolute Gasteiger partial charge is 0.105 e. The van der Waals surface area contributed by atoms with Crippen LogP contribution in [-0.2, 0) is 0 Å². The highest BCUT2D eigenvalue weighted by Crippen LogP contribution is 2.37. The van der Waals surface area contributed by atoms with Gasteiger partial charge in [0.1, 0.15) is 5.00 Å². The highest BCUT2D eigenvalue weighted by Gasteiger charge is 2.06. The van der Waals surface area contributed by atoms with E-state index in [1.54, 1.807) is 20.7 Å². The number of hydrogen-bond donors (Lipinski definition) is 2. The van der Waals surface area contributed by atoms with E-state index in [4.69, 9.17) is 11.5 Å². The Hall–Kier alpha value is -1.26. The molecule has 0 aliphatic carbocycles. The molecule has 0 aliphatic heterocycles. The van der Waals surface area contributed by atoms with E-state index in [9.17, 15) is 0 Å². The molecule has 0 radical (unpaired) electrons. The molecule has 3 rings (SSSR count). The number of anilines is 2. The van der Waals surface area contributed by atoms with E-state index in [1.807, 2.05) is 12.1 Å². The van der Waals surface area contributed by atoms with Crippen molar-refractivity contribution < 1.29 is 0 Å². The van der Waals surface area contributed by atoms with Crippen LogP contribution in [0.4, 0.5) is 10.7 Å². The quantitative estimate of drug-likeness (QED) is 0.571. The Morgan fingerprint density at radius 1 is 0.929 bits per heavy atom. The van der Waals surface area contributed by atoms with E-state index in [1.165, 1.54) is 10.1 Å². The number of hydrogen-bond acceptors (Lipinski definition) is 4.